The molecule has 0 unspecified atom stereocenters. The van der Waals surface area contributed by atoms with Crippen LogP contribution in [-0.4, -0.2) is 32.0 Å². The largest absolute Gasteiger partial charge is 0.416 e. The van der Waals surface area contributed by atoms with E-state index in [0.29, 0.717) is 18.4 Å². The van der Waals surface area contributed by atoms with Crippen LogP contribution in [0, 0.1) is 0 Å². The highest BCUT2D eigenvalue weighted by Gasteiger charge is 2.31. The molecule has 1 heterocycles. The van der Waals surface area contributed by atoms with Gasteiger partial charge in [0.05, 0.1) is 17.1 Å². The van der Waals surface area contributed by atoms with Crippen LogP contribution in [0.3, 0.4) is 0 Å². The van der Waals surface area contributed by atoms with E-state index in [-0.39, 0.29) is 23.6 Å². The van der Waals surface area contributed by atoms with Gasteiger partial charge in [-0.15, -0.1) is 0 Å². The summed E-state index contributed by atoms with van der Waals surface area (Å²) >= 11 is 0. The van der Waals surface area contributed by atoms with Gasteiger partial charge in [0.2, 0.25) is 0 Å². The van der Waals surface area contributed by atoms with Gasteiger partial charge in [-0.2, -0.15) is 13.2 Å². The summed E-state index contributed by atoms with van der Waals surface area (Å²) in [5.41, 5.74) is -0.0682. The van der Waals surface area contributed by atoms with Gasteiger partial charge < -0.3 is 5.32 Å². The molecule has 0 bridgehead atoms. The van der Waals surface area contributed by atoms with Crippen molar-refractivity contribution in [3.8, 4) is 0 Å². The van der Waals surface area contributed by atoms with Gasteiger partial charge in [0, 0.05) is 12.1 Å². The van der Waals surface area contributed by atoms with Gasteiger partial charge in [-0.25, -0.2) is 8.42 Å². The Balaban J connectivity index is 1.95. The Hall–Kier alpha value is -1.08. The van der Waals surface area contributed by atoms with Crippen LogP contribution >= 0.6 is 0 Å². The fourth-order valence-corrected chi connectivity index (χ4v) is 4.30. The summed E-state index contributed by atoms with van der Waals surface area (Å²) in [4.78, 5) is 0. The third-order valence-corrected chi connectivity index (χ3v) is 5.32. The molecule has 1 aliphatic rings. The van der Waals surface area contributed by atoms with Crippen LogP contribution in [0.1, 0.15) is 24.5 Å². The molecule has 1 aromatic rings. The molecule has 0 aromatic heterocycles. The van der Waals surface area contributed by atoms with Crippen molar-refractivity contribution in [2.75, 3.05) is 11.5 Å². The SMILES string of the molecule is C[C@H](Cc1cccc(C(F)(F)F)c1)N[C@H]1CCS(=O)(=O)C1. The van der Waals surface area contributed by atoms with E-state index in [4.69, 9.17) is 0 Å². The number of hydrogen-bond acceptors (Lipinski definition) is 3. The summed E-state index contributed by atoms with van der Waals surface area (Å²) in [5, 5.41) is 3.18. The molecule has 2 atom stereocenters. The first-order valence-corrected chi connectivity index (χ1v) is 8.60. The molecule has 1 aliphatic heterocycles. The molecule has 0 radical (unpaired) electrons. The van der Waals surface area contributed by atoms with Crippen molar-refractivity contribution in [1.29, 1.82) is 0 Å². The number of alkyl halides is 3. The highest BCUT2D eigenvalue weighted by Crippen LogP contribution is 2.29. The van der Waals surface area contributed by atoms with Crippen molar-refractivity contribution >= 4 is 9.84 Å². The van der Waals surface area contributed by atoms with Crippen molar-refractivity contribution in [3.05, 3.63) is 35.4 Å². The van der Waals surface area contributed by atoms with E-state index in [1.807, 2.05) is 6.92 Å². The van der Waals surface area contributed by atoms with Crippen LogP contribution in [0.5, 0.6) is 0 Å². The summed E-state index contributed by atoms with van der Waals surface area (Å²) in [6.07, 6.45) is -3.35. The van der Waals surface area contributed by atoms with Gasteiger partial charge in [-0.3, -0.25) is 0 Å². The van der Waals surface area contributed by atoms with E-state index in [9.17, 15) is 21.6 Å². The fourth-order valence-electron chi connectivity index (χ4n) is 2.62. The molecule has 0 amide bonds. The summed E-state index contributed by atoms with van der Waals surface area (Å²) in [6, 6.07) is 5.06. The molecule has 1 N–H and O–H groups in total. The molecule has 0 spiro atoms. The summed E-state index contributed by atoms with van der Waals surface area (Å²) in [6.45, 7) is 1.85. The van der Waals surface area contributed by atoms with Crippen LogP contribution in [0.4, 0.5) is 13.2 Å². The van der Waals surface area contributed by atoms with E-state index in [1.54, 1.807) is 6.07 Å². The maximum Gasteiger partial charge on any atom is 0.416 e. The average molecular weight is 321 g/mol. The van der Waals surface area contributed by atoms with Crippen LogP contribution in [-0.2, 0) is 22.4 Å². The van der Waals surface area contributed by atoms with Gasteiger partial charge in [-0.05, 0) is 31.4 Å². The first-order chi connectivity index (χ1) is 9.66. The van der Waals surface area contributed by atoms with Crippen molar-refractivity contribution in [1.82, 2.24) is 5.32 Å². The normalized spacial score (nSPS) is 23.1. The zero-order chi connectivity index (χ0) is 15.7. The second-order valence-corrected chi connectivity index (χ2v) is 7.80. The first kappa shape index (κ1) is 16.3. The molecule has 3 nitrogen and oxygen atoms in total. The standard InChI is InChI=1S/C14H18F3NO2S/c1-10(18-13-5-6-21(19,20)9-13)7-11-3-2-4-12(8-11)14(15,16)17/h2-4,8,10,13,18H,5-7,9H2,1H3/t10-,13+/m1/s1. The first-order valence-electron chi connectivity index (χ1n) is 6.78. The van der Waals surface area contributed by atoms with Crippen LogP contribution in [0.15, 0.2) is 24.3 Å². The zero-order valence-electron chi connectivity index (χ0n) is 11.7. The minimum Gasteiger partial charge on any atom is -0.310 e. The van der Waals surface area contributed by atoms with Crippen molar-refractivity contribution in [2.45, 2.75) is 38.0 Å². The third kappa shape index (κ3) is 4.71. The second kappa shape index (κ2) is 5.96. The Morgan fingerprint density at radius 1 is 1.38 bits per heavy atom. The lowest BCUT2D eigenvalue weighted by Crippen LogP contribution is -2.38. The van der Waals surface area contributed by atoms with E-state index < -0.39 is 21.6 Å². The molecule has 118 valence electrons. The van der Waals surface area contributed by atoms with Gasteiger partial charge >= 0.3 is 6.18 Å². The van der Waals surface area contributed by atoms with Crippen molar-refractivity contribution in [2.24, 2.45) is 0 Å². The minimum absolute atomic E-state index is 0.0771. The van der Waals surface area contributed by atoms with E-state index in [1.165, 1.54) is 6.07 Å². The Morgan fingerprint density at radius 2 is 2.10 bits per heavy atom. The number of sulfone groups is 1. The summed E-state index contributed by atoms with van der Waals surface area (Å²) in [5.74, 6) is 0.293. The molecule has 0 aliphatic carbocycles. The molecular weight excluding hydrogens is 303 g/mol. The fraction of sp³-hybridized carbons (Fsp3) is 0.571. The molecule has 1 saturated heterocycles. The van der Waals surface area contributed by atoms with E-state index in [2.05, 4.69) is 5.32 Å². The van der Waals surface area contributed by atoms with Gasteiger partial charge in [0.15, 0.2) is 9.84 Å². The molecule has 21 heavy (non-hydrogen) atoms. The lowest BCUT2D eigenvalue weighted by Gasteiger charge is -2.19. The molecule has 2 rings (SSSR count). The van der Waals surface area contributed by atoms with Crippen LogP contribution in [0.25, 0.3) is 0 Å². The Morgan fingerprint density at radius 3 is 2.67 bits per heavy atom. The van der Waals surface area contributed by atoms with E-state index >= 15 is 0 Å². The van der Waals surface area contributed by atoms with Crippen LogP contribution in [0.2, 0.25) is 0 Å². The lowest BCUT2D eigenvalue weighted by atomic mass is 10.0. The van der Waals surface area contributed by atoms with Crippen LogP contribution < -0.4 is 5.32 Å². The topological polar surface area (TPSA) is 46.2 Å². The Kier molecular flexibility index (Phi) is 4.63. The predicted molar refractivity (Wildman–Crippen MR) is 74.8 cm³/mol. The quantitative estimate of drug-likeness (QED) is 0.926. The third-order valence-electron chi connectivity index (χ3n) is 3.55. The highest BCUT2D eigenvalue weighted by atomic mass is 32.2. The van der Waals surface area contributed by atoms with Crippen molar-refractivity contribution < 1.29 is 21.6 Å². The minimum atomic E-state index is -4.34. The molecular formula is C14H18F3NO2S. The smallest absolute Gasteiger partial charge is 0.310 e. The second-order valence-electron chi connectivity index (χ2n) is 5.57. The predicted octanol–water partition coefficient (Wildman–Crippen LogP) is 2.41. The Bertz CT molecular complexity index is 598. The van der Waals surface area contributed by atoms with Gasteiger partial charge in [0.1, 0.15) is 0 Å². The lowest BCUT2D eigenvalue weighted by molar-refractivity contribution is -0.137. The average Bonchev–Trinajstić information content (AvgIpc) is 2.67. The summed E-state index contributed by atoms with van der Waals surface area (Å²) < 4.78 is 60.6. The number of hydrogen-bond donors (Lipinski definition) is 1. The van der Waals surface area contributed by atoms with Gasteiger partial charge in [0.25, 0.3) is 0 Å². The zero-order valence-corrected chi connectivity index (χ0v) is 12.5. The maximum atomic E-state index is 12.6. The molecule has 0 saturated carbocycles. The molecule has 7 heteroatoms. The van der Waals surface area contributed by atoms with Gasteiger partial charge in [-0.1, -0.05) is 18.2 Å². The Labute approximate surface area is 122 Å². The maximum absolute atomic E-state index is 12.6. The van der Waals surface area contributed by atoms with E-state index in [0.717, 1.165) is 12.1 Å². The molecule has 1 aromatic carbocycles. The number of benzene rings is 1. The highest BCUT2D eigenvalue weighted by molar-refractivity contribution is 7.91. The molecule has 1 fully saturated rings. The number of nitrogens with one attached hydrogen (secondary N) is 1. The van der Waals surface area contributed by atoms with Crippen molar-refractivity contribution in [3.63, 3.8) is 0 Å². The number of halogens is 3. The number of rotatable bonds is 4. The monoisotopic (exact) mass is 321 g/mol. The summed E-state index contributed by atoms with van der Waals surface area (Å²) in [7, 11) is -2.95.